The third kappa shape index (κ3) is 3.44. The van der Waals surface area contributed by atoms with Gasteiger partial charge in [-0.2, -0.15) is 0 Å². The molecule has 3 rings (SSSR count). The highest BCUT2D eigenvalue weighted by molar-refractivity contribution is 6.31. The Morgan fingerprint density at radius 2 is 1.62 bits per heavy atom. The molecule has 2 aromatic carbocycles. The molecule has 1 aliphatic heterocycles. The molecule has 4 nitrogen and oxygen atoms in total. The standard InChI is InChI=1S/C19H18ClNO3/c20-15-8-9-16(19(23)24)17(12-15)13-4-6-14(7-5-13)18(22)21-10-2-1-3-11-21/h4-9,12H,1-3,10-11H2,(H,23,24). The maximum atomic E-state index is 12.5. The summed E-state index contributed by atoms with van der Waals surface area (Å²) in [7, 11) is 0. The van der Waals surface area contributed by atoms with Gasteiger partial charge in [0, 0.05) is 23.7 Å². The van der Waals surface area contributed by atoms with E-state index in [9.17, 15) is 14.7 Å². The number of amides is 1. The van der Waals surface area contributed by atoms with E-state index in [1.54, 1.807) is 36.4 Å². The van der Waals surface area contributed by atoms with Crippen molar-refractivity contribution in [3.63, 3.8) is 0 Å². The number of nitrogens with zero attached hydrogens (tertiary/aromatic N) is 1. The Labute approximate surface area is 145 Å². The first-order valence-corrected chi connectivity index (χ1v) is 8.36. The molecule has 0 bridgehead atoms. The lowest BCUT2D eigenvalue weighted by molar-refractivity contribution is 0.0695. The molecule has 1 fully saturated rings. The van der Waals surface area contributed by atoms with E-state index in [4.69, 9.17) is 11.6 Å². The van der Waals surface area contributed by atoms with Gasteiger partial charge in [-0.15, -0.1) is 0 Å². The molecule has 1 N–H and O–H groups in total. The summed E-state index contributed by atoms with van der Waals surface area (Å²) in [5, 5.41) is 9.80. The molecule has 0 aliphatic carbocycles. The summed E-state index contributed by atoms with van der Waals surface area (Å²) < 4.78 is 0. The van der Waals surface area contributed by atoms with E-state index < -0.39 is 5.97 Å². The Balaban J connectivity index is 1.88. The van der Waals surface area contributed by atoms with Gasteiger partial charge in [0.1, 0.15) is 0 Å². The molecule has 0 aromatic heterocycles. The van der Waals surface area contributed by atoms with Crippen molar-refractivity contribution in [2.75, 3.05) is 13.1 Å². The third-order valence-electron chi connectivity index (χ3n) is 4.30. The van der Waals surface area contributed by atoms with Crippen LogP contribution in [0, 0.1) is 0 Å². The number of carbonyl (C=O) groups excluding carboxylic acids is 1. The van der Waals surface area contributed by atoms with Crippen LogP contribution in [0.2, 0.25) is 5.02 Å². The summed E-state index contributed by atoms with van der Waals surface area (Å²) >= 11 is 6.00. The normalized spacial score (nSPS) is 14.5. The van der Waals surface area contributed by atoms with E-state index in [2.05, 4.69) is 0 Å². The quantitative estimate of drug-likeness (QED) is 0.902. The van der Waals surface area contributed by atoms with Crippen LogP contribution in [0.25, 0.3) is 11.1 Å². The maximum Gasteiger partial charge on any atom is 0.336 e. The van der Waals surface area contributed by atoms with E-state index >= 15 is 0 Å². The number of aromatic carboxylic acids is 1. The number of hydrogen-bond acceptors (Lipinski definition) is 2. The molecule has 5 heteroatoms. The number of piperidine rings is 1. The second kappa shape index (κ2) is 7.05. The number of benzene rings is 2. The summed E-state index contributed by atoms with van der Waals surface area (Å²) in [4.78, 5) is 25.7. The molecule has 2 aromatic rings. The van der Waals surface area contributed by atoms with Crippen molar-refractivity contribution in [2.24, 2.45) is 0 Å². The predicted molar refractivity (Wildman–Crippen MR) is 93.6 cm³/mol. The molecule has 1 heterocycles. The summed E-state index contributed by atoms with van der Waals surface area (Å²) in [6.45, 7) is 1.61. The maximum absolute atomic E-state index is 12.5. The number of carboxylic acid groups (broad SMARTS) is 1. The van der Waals surface area contributed by atoms with Crippen LogP contribution in [-0.4, -0.2) is 35.0 Å². The fourth-order valence-electron chi connectivity index (χ4n) is 3.01. The fourth-order valence-corrected chi connectivity index (χ4v) is 3.19. The number of halogens is 1. The highest BCUT2D eigenvalue weighted by Gasteiger charge is 2.18. The molecule has 1 amide bonds. The summed E-state index contributed by atoms with van der Waals surface area (Å²) in [5.74, 6) is -0.971. The van der Waals surface area contributed by atoms with E-state index in [0.29, 0.717) is 16.1 Å². The highest BCUT2D eigenvalue weighted by Crippen LogP contribution is 2.28. The Morgan fingerprint density at radius 3 is 2.25 bits per heavy atom. The molecule has 1 aliphatic rings. The first kappa shape index (κ1) is 16.5. The van der Waals surface area contributed by atoms with Gasteiger partial charge in [-0.1, -0.05) is 23.7 Å². The Kier molecular flexibility index (Phi) is 4.86. The zero-order valence-electron chi connectivity index (χ0n) is 13.2. The van der Waals surface area contributed by atoms with Crippen molar-refractivity contribution in [3.8, 4) is 11.1 Å². The second-order valence-electron chi connectivity index (χ2n) is 5.93. The molecule has 0 atom stereocenters. The monoisotopic (exact) mass is 343 g/mol. The smallest absolute Gasteiger partial charge is 0.336 e. The number of carboxylic acids is 1. The average molecular weight is 344 g/mol. The minimum atomic E-state index is -1.00. The minimum absolute atomic E-state index is 0.0332. The first-order chi connectivity index (χ1) is 11.6. The van der Waals surface area contributed by atoms with E-state index in [1.165, 1.54) is 12.5 Å². The average Bonchev–Trinajstić information content (AvgIpc) is 2.61. The largest absolute Gasteiger partial charge is 0.478 e. The Hall–Kier alpha value is -2.33. The van der Waals surface area contributed by atoms with Gasteiger partial charge in [0.15, 0.2) is 0 Å². The van der Waals surface area contributed by atoms with Crippen LogP contribution in [0.5, 0.6) is 0 Å². The molecule has 1 saturated heterocycles. The molecular formula is C19H18ClNO3. The van der Waals surface area contributed by atoms with Gasteiger partial charge in [0.2, 0.25) is 0 Å². The number of hydrogen-bond donors (Lipinski definition) is 1. The van der Waals surface area contributed by atoms with Crippen LogP contribution in [0.4, 0.5) is 0 Å². The SMILES string of the molecule is O=C(O)c1ccc(Cl)cc1-c1ccc(C(=O)N2CCCCC2)cc1. The van der Waals surface area contributed by atoms with Crippen LogP contribution < -0.4 is 0 Å². The molecule has 0 unspecified atom stereocenters. The Bertz CT molecular complexity index is 765. The molecule has 124 valence electrons. The van der Waals surface area contributed by atoms with Gasteiger partial charge in [0.05, 0.1) is 5.56 Å². The van der Waals surface area contributed by atoms with Crippen molar-refractivity contribution in [3.05, 3.63) is 58.6 Å². The van der Waals surface area contributed by atoms with Gasteiger partial charge >= 0.3 is 5.97 Å². The number of carbonyl (C=O) groups is 2. The highest BCUT2D eigenvalue weighted by atomic mass is 35.5. The second-order valence-corrected chi connectivity index (χ2v) is 6.36. The zero-order valence-corrected chi connectivity index (χ0v) is 13.9. The predicted octanol–water partition coefficient (Wildman–Crippen LogP) is 4.33. The van der Waals surface area contributed by atoms with Crippen molar-refractivity contribution in [1.29, 1.82) is 0 Å². The summed E-state index contributed by atoms with van der Waals surface area (Å²) in [6, 6.07) is 11.7. The van der Waals surface area contributed by atoms with Crippen molar-refractivity contribution in [1.82, 2.24) is 4.90 Å². The lowest BCUT2D eigenvalue weighted by Crippen LogP contribution is -2.35. The topological polar surface area (TPSA) is 57.6 Å². The van der Waals surface area contributed by atoms with Crippen LogP contribution in [0.1, 0.15) is 40.0 Å². The fraction of sp³-hybridized carbons (Fsp3) is 0.263. The van der Waals surface area contributed by atoms with Gasteiger partial charge in [-0.25, -0.2) is 4.79 Å². The van der Waals surface area contributed by atoms with E-state index in [-0.39, 0.29) is 11.5 Å². The minimum Gasteiger partial charge on any atom is -0.478 e. The molecule has 0 radical (unpaired) electrons. The van der Waals surface area contributed by atoms with Gasteiger partial charge in [-0.3, -0.25) is 4.79 Å². The lowest BCUT2D eigenvalue weighted by Gasteiger charge is -2.26. The van der Waals surface area contributed by atoms with Crippen LogP contribution in [-0.2, 0) is 0 Å². The van der Waals surface area contributed by atoms with Crippen LogP contribution >= 0.6 is 11.6 Å². The molecule has 24 heavy (non-hydrogen) atoms. The molecular weight excluding hydrogens is 326 g/mol. The van der Waals surface area contributed by atoms with Gasteiger partial charge in [0.25, 0.3) is 5.91 Å². The zero-order chi connectivity index (χ0) is 17.1. The first-order valence-electron chi connectivity index (χ1n) is 7.99. The summed E-state index contributed by atoms with van der Waals surface area (Å²) in [5.41, 5.74) is 2.09. The van der Waals surface area contributed by atoms with Crippen molar-refractivity contribution in [2.45, 2.75) is 19.3 Å². The van der Waals surface area contributed by atoms with Gasteiger partial charge in [-0.05, 0) is 60.7 Å². The van der Waals surface area contributed by atoms with Crippen LogP contribution in [0.15, 0.2) is 42.5 Å². The number of rotatable bonds is 3. The number of likely N-dealkylation sites (tertiary alicyclic amines) is 1. The summed E-state index contributed by atoms with van der Waals surface area (Å²) in [6.07, 6.45) is 3.28. The third-order valence-corrected chi connectivity index (χ3v) is 4.53. The van der Waals surface area contributed by atoms with E-state index in [1.807, 2.05) is 4.90 Å². The van der Waals surface area contributed by atoms with Gasteiger partial charge < -0.3 is 10.0 Å². The molecule has 0 spiro atoms. The lowest BCUT2D eigenvalue weighted by atomic mass is 9.98. The van der Waals surface area contributed by atoms with Crippen molar-refractivity contribution < 1.29 is 14.7 Å². The molecule has 0 saturated carbocycles. The Morgan fingerprint density at radius 1 is 0.958 bits per heavy atom. The van der Waals surface area contributed by atoms with E-state index in [0.717, 1.165) is 31.5 Å². The van der Waals surface area contributed by atoms with Crippen LogP contribution in [0.3, 0.4) is 0 Å². The van der Waals surface area contributed by atoms with Crippen molar-refractivity contribution >= 4 is 23.5 Å².